The van der Waals surface area contributed by atoms with Gasteiger partial charge < -0.3 is 14.0 Å². The number of carbonyl (C=O) groups excluding carboxylic acids is 2. The van der Waals surface area contributed by atoms with Gasteiger partial charge in [-0.15, -0.1) is 0 Å². The van der Waals surface area contributed by atoms with E-state index in [9.17, 15) is 9.59 Å². The van der Waals surface area contributed by atoms with E-state index in [0.717, 1.165) is 6.08 Å². The molecule has 0 fully saturated rings. The molecule has 1 atom stereocenters. The van der Waals surface area contributed by atoms with Gasteiger partial charge in [-0.05, 0) is 20.8 Å². The summed E-state index contributed by atoms with van der Waals surface area (Å²) < 4.78 is 11.0. The molecule has 110 valence electrons. The molecule has 0 rings (SSSR count). The third kappa shape index (κ3) is 10.3. The summed E-state index contributed by atoms with van der Waals surface area (Å²) in [5, 5.41) is 0. The van der Waals surface area contributed by atoms with Crippen molar-refractivity contribution in [3.63, 3.8) is 0 Å². The maximum absolute atomic E-state index is 11.8. The molecule has 0 aromatic heterocycles. The fourth-order valence-electron chi connectivity index (χ4n) is 1.54. The summed E-state index contributed by atoms with van der Waals surface area (Å²) in [6, 6.07) is 0. The van der Waals surface area contributed by atoms with Crippen molar-refractivity contribution in [2.24, 2.45) is 0 Å². The van der Waals surface area contributed by atoms with E-state index >= 15 is 0 Å². The number of quaternary nitrogens is 1. The fourth-order valence-corrected chi connectivity index (χ4v) is 1.54. The number of hydrogen-bond donors (Lipinski definition) is 0. The van der Waals surface area contributed by atoms with E-state index in [1.54, 1.807) is 20.8 Å². The minimum atomic E-state index is -0.541. The maximum atomic E-state index is 11.8. The van der Waals surface area contributed by atoms with Crippen LogP contribution in [0.2, 0.25) is 0 Å². The second-order valence-electron chi connectivity index (χ2n) is 6.53. The average molecular weight is 272 g/mol. The summed E-state index contributed by atoms with van der Waals surface area (Å²) in [7, 11) is 5.89. The summed E-state index contributed by atoms with van der Waals surface area (Å²) in [6.07, 6.45) is 0.629. The van der Waals surface area contributed by atoms with Crippen LogP contribution in [0.4, 0.5) is 0 Å². The van der Waals surface area contributed by atoms with Crippen LogP contribution in [0.5, 0.6) is 0 Å². The van der Waals surface area contributed by atoms with Crippen LogP contribution in [-0.4, -0.2) is 55.8 Å². The normalized spacial score (nSPS) is 13.6. The Balaban J connectivity index is 4.62. The quantitative estimate of drug-likeness (QED) is 0.418. The first kappa shape index (κ1) is 17.6. The number of nitrogens with zero attached hydrogens (tertiary/aromatic N) is 1. The molecule has 0 bridgehead atoms. The van der Waals surface area contributed by atoms with Gasteiger partial charge in [0.15, 0.2) is 6.10 Å². The second kappa shape index (κ2) is 6.70. The summed E-state index contributed by atoms with van der Waals surface area (Å²) in [5.41, 5.74) is -0.541. The van der Waals surface area contributed by atoms with Crippen LogP contribution < -0.4 is 0 Å². The van der Waals surface area contributed by atoms with Gasteiger partial charge in [-0.2, -0.15) is 0 Å². The fraction of sp³-hybridized carbons (Fsp3) is 0.714. The standard InChI is InChI=1S/C14H26NO4/c1-8-12(16)18-11(10-15(5,6)7)9-13(17)19-14(2,3)4/h8,11H,1,9-10H2,2-7H3/q+1. The number of hydrogen-bond acceptors (Lipinski definition) is 4. The number of ether oxygens (including phenoxy) is 2. The van der Waals surface area contributed by atoms with Gasteiger partial charge in [0.25, 0.3) is 0 Å². The van der Waals surface area contributed by atoms with Crippen LogP contribution in [0.3, 0.4) is 0 Å². The molecule has 0 saturated carbocycles. The Morgan fingerprint density at radius 3 is 2.16 bits per heavy atom. The van der Waals surface area contributed by atoms with Gasteiger partial charge in [0.1, 0.15) is 12.1 Å². The Bertz CT molecular complexity index is 336. The van der Waals surface area contributed by atoms with Crippen molar-refractivity contribution in [3.8, 4) is 0 Å². The first-order chi connectivity index (χ1) is 8.43. The molecule has 0 amide bonds. The van der Waals surface area contributed by atoms with Crippen LogP contribution in [0.25, 0.3) is 0 Å². The molecule has 0 aromatic rings. The molecule has 0 aliphatic rings. The van der Waals surface area contributed by atoms with E-state index in [-0.39, 0.29) is 12.4 Å². The van der Waals surface area contributed by atoms with Crippen molar-refractivity contribution < 1.29 is 23.5 Å². The van der Waals surface area contributed by atoms with Gasteiger partial charge in [-0.25, -0.2) is 4.79 Å². The van der Waals surface area contributed by atoms with E-state index in [1.807, 2.05) is 21.1 Å². The summed E-state index contributed by atoms with van der Waals surface area (Å²) in [4.78, 5) is 23.1. The zero-order valence-corrected chi connectivity index (χ0v) is 12.9. The third-order valence-corrected chi connectivity index (χ3v) is 2.02. The zero-order valence-electron chi connectivity index (χ0n) is 12.9. The second-order valence-corrected chi connectivity index (χ2v) is 6.53. The van der Waals surface area contributed by atoms with Gasteiger partial charge in [0.2, 0.25) is 0 Å². The maximum Gasteiger partial charge on any atom is 0.330 e. The first-order valence-electron chi connectivity index (χ1n) is 6.28. The van der Waals surface area contributed by atoms with E-state index < -0.39 is 17.7 Å². The van der Waals surface area contributed by atoms with Crippen LogP contribution in [-0.2, 0) is 19.1 Å². The molecule has 0 aromatic carbocycles. The summed E-state index contributed by atoms with van der Waals surface area (Å²) >= 11 is 0. The molecular formula is C14H26NO4+. The molecule has 0 saturated heterocycles. The van der Waals surface area contributed by atoms with Crippen LogP contribution in [0.1, 0.15) is 27.2 Å². The predicted octanol–water partition coefficient (Wildman–Crippen LogP) is 1.52. The highest BCUT2D eigenvalue weighted by atomic mass is 16.6. The minimum Gasteiger partial charge on any atom is -0.460 e. The third-order valence-electron chi connectivity index (χ3n) is 2.02. The van der Waals surface area contributed by atoms with Crippen LogP contribution in [0, 0.1) is 0 Å². The van der Waals surface area contributed by atoms with E-state index in [0.29, 0.717) is 11.0 Å². The first-order valence-corrected chi connectivity index (χ1v) is 6.28. The van der Waals surface area contributed by atoms with Gasteiger partial charge in [-0.3, -0.25) is 4.79 Å². The molecule has 5 heteroatoms. The highest BCUT2D eigenvalue weighted by molar-refractivity contribution is 5.81. The van der Waals surface area contributed by atoms with Crippen LogP contribution in [0.15, 0.2) is 12.7 Å². The molecule has 19 heavy (non-hydrogen) atoms. The number of esters is 2. The summed E-state index contributed by atoms with van der Waals surface area (Å²) in [6.45, 7) is 9.28. The lowest BCUT2D eigenvalue weighted by Crippen LogP contribution is -2.44. The summed E-state index contributed by atoms with van der Waals surface area (Å²) in [5.74, 6) is -0.898. The Morgan fingerprint density at radius 1 is 1.26 bits per heavy atom. The molecule has 0 aliphatic heterocycles. The number of rotatable bonds is 6. The lowest BCUT2D eigenvalue weighted by atomic mass is 10.2. The largest absolute Gasteiger partial charge is 0.460 e. The van der Waals surface area contributed by atoms with Gasteiger partial charge >= 0.3 is 11.9 Å². The van der Waals surface area contributed by atoms with E-state index in [4.69, 9.17) is 9.47 Å². The smallest absolute Gasteiger partial charge is 0.330 e. The topological polar surface area (TPSA) is 52.6 Å². The van der Waals surface area contributed by atoms with Gasteiger partial charge in [0.05, 0.1) is 27.6 Å². The highest BCUT2D eigenvalue weighted by Crippen LogP contribution is 2.12. The molecule has 0 aliphatic carbocycles. The lowest BCUT2D eigenvalue weighted by Gasteiger charge is -2.29. The van der Waals surface area contributed by atoms with Crippen molar-refractivity contribution in [2.45, 2.75) is 38.9 Å². The van der Waals surface area contributed by atoms with Gasteiger partial charge in [-0.1, -0.05) is 6.58 Å². The molecule has 0 heterocycles. The Hall–Kier alpha value is -1.36. The van der Waals surface area contributed by atoms with Crippen molar-refractivity contribution in [1.29, 1.82) is 0 Å². The number of carbonyl (C=O) groups is 2. The van der Waals surface area contributed by atoms with Crippen molar-refractivity contribution in [2.75, 3.05) is 27.7 Å². The Kier molecular flexibility index (Phi) is 6.22. The van der Waals surface area contributed by atoms with Crippen molar-refractivity contribution in [3.05, 3.63) is 12.7 Å². The molecule has 0 radical (unpaired) electrons. The molecular weight excluding hydrogens is 246 g/mol. The van der Waals surface area contributed by atoms with Crippen molar-refractivity contribution >= 4 is 11.9 Å². The monoisotopic (exact) mass is 272 g/mol. The van der Waals surface area contributed by atoms with Crippen molar-refractivity contribution in [1.82, 2.24) is 0 Å². The van der Waals surface area contributed by atoms with E-state index in [2.05, 4.69) is 6.58 Å². The minimum absolute atomic E-state index is 0.0480. The number of likely N-dealkylation sites (N-methyl/N-ethyl adjacent to an activating group) is 1. The Morgan fingerprint density at radius 2 is 1.79 bits per heavy atom. The highest BCUT2D eigenvalue weighted by Gasteiger charge is 2.27. The SMILES string of the molecule is C=CC(=O)OC(CC(=O)OC(C)(C)C)C[N+](C)(C)C. The van der Waals surface area contributed by atoms with Crippen LogP contribution >= 0.6 is 0 Å². The Labute approximate surface area is 115 Å². The molecule has 5 nitrogen and oxygen atoms in total. The van der Waals surface area contributed by atoms with E-state index in [1.165, 1.54) is 0 Å². The predicted molar refractivity (Wildman–Crippen MR) is 73.4 cm³/mol. The lowest BCUT2D eigenvalue weighted by molar-refractivity contribution is -0.873. The zero-order chi connectivity index (χ0) is 15.3. The average Bonchev–Trinajstić information content (AvgIpc) is 2.10. The molecule has 0 N–H and O–H groups in total. The molecule has 1 unspecified atom stereocenters. The molecule has 0 spiro atoms. The van der Waals surface area contributed by atoms with Gasteiger partial charge in [0, 0.05) is 6.08 Å².